The zero-order valence-corrected chi connectivity index (χ0v) is 10.8. The Hall–Kier alpha value is -1.64. The minimum Gasteiger partial charge on any atom is -0.326 e. The van der Waals surface area contributed by atoms with Crippen LogP contribution in [0.2, 0.25) is 0 Å². The van der Waals surface area contributed by atoms with Gasteiger partial charge in [-0.15, -0.1) is 0 Å². The maximum Gasteiger partial charge on any atom is 0.151 e. The fraction of sp³-hybridized carbons (Fsp3) is 0.467. The van der Waals surface area contributed by atoms with E-state index in [1.807, 2.05) is 24.4 Å². The first-order valence-electron chi connectivity index (χ1n) is 6.79. The monoisotopic (exact) mass is 241 g/mol. The molecule has 18 heavy (non-hydrogen) atoms. The number of para-hydroxylation sites is 2. The number of hydrogen-bond acceptors (Lipinski definition) is 2. The highest BCUT2D eigenvalue weighted by Crippen LogP contribution is 2.20. The van der Waals surface area contributed by atoms with Crippen LogP contribution in [0.15, 0.2) is 29.3 Å². The molecule has 0 N–H and O–H groups in total. The number of hydrogen-bond donors (Lipinski definition) is 0. The van der Waals surface area contributed by atoms with Crippen LogP contribution in [-0.4, -0.2) is 21.8 Å². The molecule has 1 aliphatic rings. The van der Waals surface area contributed by atoms with E-state index in [2.05, 4.69) is 22.7 Å². The fourth-order valence-corrected chi connectivity index (χ4v) is 2.68. The van der Waals surface area contributed by atoms with Gasteiger partial charge in [-0.2, -0.15) is 0 Å². The van der Waals surface area contributed by atoms with Crippen molar-refractivity contribution in [2.24, 2.45) is 12.0 Å². The lowest BCUT2D eigenvalue weighted by Gasteiger charge is -2.16. The van der Waals surface area contributed by atoms with Gasteiger partial charge in [-0.05, 0) is 25.0 Å². The van der Waals surface area contributed by atoms with E-state index in [1.54, 1.807) is 0 Å². The molecule has 2 aromatic rings. The molecule has 0 aliphatic heterocycles. The van der Waals surface area contributed by atoms with Crippen LogP contribution in [0, 0.1) is 0 Å². The predicted octanol–water partition coefficient (Wildman–Crippen LogP) is 3.32. The standard InChI is InChI=1S/C15H19N3/c1-18-14-10-6-5-9-13(14)17-15(18)11-16-12-7-3-2-4-8-12/h5-6,9-12H,2-4,7-8H2,1H3/b16-11+. The Labute approximate surface area is 108 Å². The number of aliphatic imine (C=N–C) groups is 1. The lowest BCUT2D eigenvalue weighted by Crippen LogP contribution is -2.10. The molecular formula is C15H19N3. The minimum atomic E-state index is 0.513. The molecule has 94 valence electrons. The van der Waals surface area contributed by atoms with Crippen LogP contribution in [0.3, 0.4) is 0 Å². The Morgan fingerprint density at radius 1 is 1.22 bits per heavy atom. The summed E-state index contributed by atoms with van der Waals surface area (Å²) in [4.78, 5) is 9.31. The van der Waals surface area contributed by atoms with E-state index in [1.165, 1.54) is 37.6 Å². The van der Waals surface area contributed by atoms with Crippen molar-refractivity contribution < 1.29 is 0 Å². The van der Waals surface area contributed by atoms with Crippen molar-refractivity contribution in [2.75, 3.05) is 0 Å². The molecule has 1 aromatic heterocycles. The molecule has 3 nitrogen and oxygen atoms in total. The van der Waals surface area contributed by atoms with E-state index in [9.17, 15) is 0 Å². The van der Waals surface area contributed by atoms with Crippen molar-refractivity contribution in [3.63, 3.8) is 0 Å². The number of fused-ring (bicyclic) bond motifs is 1. The maximum atomic E-state index is 4.70. The number of aromatic nitrogens is 2. The third-order valence-electron chi connectivity index (χ3n) is 3.80. The first-order chi connectivity index (χ1) is 8.84. The first-order valence-corrected chi connectivity index (χ1v) is 6.79. The molecule has 0 amide bonds. The molecule has 1 heterocycles. The third-order valence-corrected chi connectivity index (χ3v) is 3.80. The average Bonchev–Trinajstić information content (AvgIpc) is 2.75. The second-order valence-electron chi connectivity index (χ2n) is 5.09. The zero-order chi connectivity index (χ0) is 12.4. The second-order valence-corrected chi connectivity index (χ2v) is 5.09. The molecule has 1 saturated carbocycles. The lowest BCUT2D eigenvalue weighted by molar-refractivity contribution is 0.444. The molecule has 0 saturated heterocycles. The van der Waals surface area contributed by atoms with Crippen LogP contribution < -0.4 is 0 Å². The highest BCUT2D eigenvalue weighted by Gasteiger charge is 2.11. The fourth-order valence-electron chi connectivity index (χ4n) is 2.68. The first kappa shape index (κ1) is 11.5. The van der Waals surface area contributed by atoms with E-state index < -0.39 is 0 Å². The van der Waals surface area contributed by atoms with Gasteiger partial charge in [0, 0.05) is 7.05 Å². The Balaban J connectivity index is 1.85. The largest absolute Gasteiger partial charge is 0.326 e. The molecule has 1 aliphatic carbocycles. The molecule has 1 aromatic carbocycles. The van der Waals surface area contributed by atoms with Gasteiger partial charge >= 0.3 is 0 Å². The molecule has 3 heteroatoms. The number of aryl methyl sites for hydroxylation is 1. The SMILES string of the molecule is Cn1c(/C=N/C2CCCCC2)nc2ccccc21. The van der Waals surface area contributed by atoms with Crippen molar-refractivity contribution in [3.8, 4) is 0 Å². The Morgan fingerprint density at radius 3 is 2.78 bits per heavy atom. The Bertz CT molecular complexity index is 562. The van der Waals surface area contributed by atoms with Crippen molar-refractivity contribution in [1.82, 2.24) is 9.55 Å². The van der Waals surface area contributed by atoms with Gasteiger partial charge in [-0.1, -0.05) is 31.4 Å². The smallest absolute Gasteiger partial charge is 0.151 e. The van der Waals surface area contributed by atoms with E-state index >= 15 is 0 Å². The summed E-state index contributed by atoms with van der Waals surface area (Å²) in [6, 6.07) is 8.73. The molecule has 1 fully saturated rings. The number of benzene rings is 1. The van der Waals surface area contributed by atoms with E-state index in [4.69, 9.17) is 4.99 Å². The van der Waals surface area contributed by atoms with Gasteiger partial charge in [0.1, 0.15) is 0 Å². The summed E-state index contributed by atoms with van der Waals surface area (Å²) in [5.74, 6) is 0.960. The number of imidazole rings is 1. The van der Waals surface area contributed by atoms with Crippen molar-refractivity contribution in [2.45, 2.75) is 38.1 Å². The summed E-state index contributed by atoms with van der Waals surface area (Å²) in [7, 11) is 2.05. The van der Waals surface area contributed by atoms with Crippen LogP contribution in [0.4, 0.5) is 0 Å². The van der Waals surface area contributed by atoms with E-state index in [0.29, 0.717) is 6.04 Å². The van der Waals surface area contributed by atoms with Crippen LogP contribution in [0.1, 0.15) is 37.9 Å². The highest BCUT2D eigenvalue weighted by atomic mass is 15.1. The second kappa shape index (κ2) is 4.92. The summed E-state index contributed by atoms with van der Waals surface area (Å²) in [6.07, 6.45) is 8.45. The normalized spacial score (nSPS) is 17.8. The molecule has 0 bridgehead atoms. The quantitative estimate of drug-likeness (QED) is 0.742. The van der Waals surface area contributed by atoms with E-state index in [-0.39, 0.29) is 0 Å². The van der Waals surface area contributed by atoms with Gasteiger partial charge in [-0.3, -0.25) is 4.99 Å². The summed E-state index contributed by atoms with van der Waals surface area (Å²) in [6.45, 7) is 0. The number of rotatable bonds is 2. The minimum absolute atomic E-state index is 0.513. The molecular weight excluding hydrogens is 222 g/mol. The lowest BCUT2D eigenvalue weighted by atomic mass is 9.96. The molecule has 0 radical (unpaired) electrons. The predicted molar refractivity (Wildman–Crippen MR) is 75.2 cm³/mol. The van der Waals surface area contributed by atoms with Gasteiger partial charge < -0.3 is 4.57 Å². The molecule has 0 unspecified atom stereocenters. The number of nitrogens with zero attached hydrogens (tertiary/aromatic N) is 3. The topological polar surface area (TPSA) is 30.2 Å². The van der Waals surface area contributed by atoms with Gasteiger partial charge in [0.2, 0.25) is 0 Å². The van der Waals surface area contributed by atoms with Gasteiger partial charge in [-0.25, -0.2) is 4.98 Å². The summed E-state index contributed by atoms with van der Waals surface area (Å²) >= 11 is 0. The van der Waals surface area contributed by atoms with Gasteiger partial charge in [0.25, 0.3) is 0 Å². The summed E-state index contributed by atoms with van der Waals surface area (Å²) in [5.41, 5.74) is 2.22. The van der Waals surface area contributed by atoms with Crippen LogP contribution >= 0.6 is 0 Å². The molecule has 3 rings (SSSR count). The molecule has 0 spiro atoms. The van der Waals surface area contributed by atoms with Gasteiger partial charge in [0.05, 0.1) is 23.3 Å². The maximum absolute atomic E-state index is 4.70. The Kier molecular flexibility index (Phi) is 3.13. The summed E-state index contributed by atoms with van der Waals surface area (Å²) in [5, 5.41) is 0. The highest BCUT2D eigenvalue weighted by molar-refractivity contribution is 5.84. The van der Waals surface area contributed by atoms with Crippen molar-refractivity contribution >= 4 is 17.2 Å². The average molecular weight is 241 g/mol. The van der Waals surface area contributed by atoms with Gasteiger partial charge in [0.15, 0.2) is 5.82 Å². The molecule has 0 atom stereocenters. The Morgan fingerprint density at radius 2 is 2.00 bits per heavy atom. The van der Waals surface area contributed by atoms with Crippen LogP contribution in [0.25, 0.3) is 11.0 Å². The summed E-state index contributed by atoms with van der Waals surface area (Å²) < 4.78 is 2.11. The van der Waals surface area contributed by atoms with Crippen molar-refractivity contribution in [1.29, 1.82) is 0 Å². The van der Waals surface area contributed by atoms with Crippen LogP contribution in [0.5, 0.6) is 0 Å². The van der Waals surface area contributed by atoms with E-state index in [0.717, 1.165) is 11.3 Å². The van der Waals surface area contributed by atoms with Crippen LogP contribution in [-0.2, 0) is 7.05 Å². The zero-order valence-electron chi connectivity index (χ0n) is 10.8. The van der Waals surface area contributed by atoms with Crippen molar-refractivity contribution in [3.05, 3.63) is 30.1 Å². The third kappa shape index (κ3) is 2.17.